The normalized spacial score (nSPS) is 12.4. The third kappa shape index (κ3) is 14.3. The van der Waals surface area contributed by atoms with Crippen molar-refractivity contribution in [2.24, 2.45) is 0 Å². The zero-order valence-corrected chi connectivity index (χ0v) is 13.5. The minimum Gasteiger partial charge on any atom is -0.422 e. The minimum absolute atomic E-state index is 0.258. The molecule has 16 heavy (non-hydrogen) atoms. The molecule has 0 aliphatic heterocycles. The summed E-state index contributed by atoms with van der Waals surface area (Å²) in [5, 5.41) is 0. The van der Waals surface area contributed by atoms with Crippen molar-refractivity contribution in [3.05, 3.63) is 0 Å². The van der Waals surface area contributed by atoms with Crippen LogP contribution in [0.5, 0.6) is 0 Å². The van der Waals surface area contributed by atoms with Gasteiger partial charge in [-0.1, -0.05) is 13.8 Å². The van der Waals surface area contributed by atoms with E-state index in [0.29, 0.717) is 26.4 Å². The van der Waals surface area contributed by atoms with Gasteiger partial charge in [0.2, 0.25) is 0 Å². The highest BCUT2D eigenvalue weighted by Gasteiger charge is 1.91. The van der Waals surface area contributed by atoms with Gasteiger partial charge in [-0.3, -0.25) is 0 Å². The van der Waals surface area contributed by atoms with Crippen molar-refractivity contribution in [1.82, 2.24) is 0 Å². The van der Waals surface area contributed by atoms with Gasteiger partial charge < -0.3 is 18.3 Å². The van der Waals surface area contributed by atoms with Crippen molar-refractivity contribution in [2.45, 2.75) is 25.9 Å². The van der Waals surface area contributed by atoms with Crippen LogP contribution in [0, 0.1) is 0 Å². The largest absolute Gasteiger partial charge is 0.422 e. The highest BCUT2D eigenvalue weighted by Crippen LogP contribution is 1.83. The van der Waals surface area contributed by atoms with Crippen LogP contribution in [0.25, 0.3) is 0 Å². The molecule has 4 nitrogen and oxygen atoms in total. The van der Waals surface area contributed by atoms with Gasteiger partial charge in [-0.15, -0.1) is 0 Å². The van der Waals surface area contributed by atoms with E-state index < -0.39 is 0 Å². The van der Waals surface area contributed by atoms with Crippen molar-refractivity contribution in [3.63, 3.8) is 0 Å². The molecule has 0 saturated carbocycles. The summed E-state index contributed by atoms with van der Waals surface area (Å²) >= 11 is 0. The van der Waals surface area contributed by atoms with Gasteiger partial charge in [0, 0.05) is 0 Å². The van der Waals surface area contributed by atoms with Crippen LogP contribution in [0.4, 0.5) is 0 Å². The monoisotopic (exact) mass is 266 g/mol. The van der Waals surface area contributed by atoms with Gasteiger partial charge >= 0.3 is 0 Å². The Morgan fingerprint density at radius 3 is 1.38 bits per heavy atom. The molecule has 0 aromatic rings. The van der Waals surface area contributed by atoms with Crippen LogP contribution < -0.4 is 0 Å². The highest BCUT2D eigenvalue weighted by molar-refractivity contribution is 6.27. The molecule has 0 fully saturated rings. The maximum atomic E-state index is 5.41. The van der Waals surface area contributed by atoms with Crippen molar-refractivity contribution in [1.29, 1.82) is 0 Å². The predicted molar refractivity (Wildman–Crippen MR) is 71.6 cm³/mol. The van der Waals surface area contributed by atoms with Crippen molar-refractivity contribution < 1.29 is 18.3 Å². The molecule has 0 radical (unpaired) electrons. The Morgan fingerprint density at radius 1 is 0.625 bits per heavy atom. The van der Waals surface area contributed by atoms with Crippen molar-refractivity contribution in [3.8, 4) is 0 Å². The van der Waals surface area contributed by atoms with Gasteiger partial charge in [0.25, 0.3) is 0 Å². The number of ether oxygens (including phenoxy) is 2. The summed E-state index contributed by atoms with van der Waals surface area (Å²) in [6.45, 7) is 8.49. The molecule has 0 bridgehead atoms. The Labute approximate surface area is 104 Å². The molecule has 0 rings (SSSR count). The van der Waals surface area contributed by atoms with Gasteiger partial charge in [-0.2, -0.15) is 0 Å². The summed E-state index contributed by atoms with van der Waals surface area (Å²) in [4.78, 5) is 0. The molecular formula is C10H26O4Si2. The van der Waals surface area contributed by atoms with E-state index in [0.717, 1.165) is 13.2 Å². The Hall–Kier alpha value is 0.274. The summed E-state index contributed by atoms with van der Waals surface area (Å²) in [7, 11) is -0.516. The molecule has 0 aliphatic carbocycles. The van der Waals surface area contributed by atoms with Crippen LogP contribution in [0.3, 0.4) is 0 Å². The fraction of sp³-hybridized carbons (Fsp3) is 1.00. The zero-order valence-electron chi connectivity index (χ0n) is 10.7. The number of hydrogen-bond donors (Lipinski definition) is 0. The highest BCUT2D eigenvalue weighted by atomic mass is 28.2. The standard InChI is InChI=1S/C10H26O4Si2/c1-3-15-13-9-7-11-5-6-12-8-10-14-16-4-2/h3-10,15-16H2,1-2H3. The lowest BCUT2D eigenvalue weighted by Gasteiger charge is -2.06. The molecule has 0 aromatic heterocycles. The van der Waals surface area contributed by atoms with Crippen LogP contribution in [0.15, 0.2) is 0 Å². The van der Waals surface area contributed by atoms with E-state index in [1.165, 1.54) is 12.1 Å². The Balaban J connectivity index is 2.83. The van der Waals surface area contributed by atoms with Crippen LogP contribution in [0.1, 0.15) is 13.8 Å². The number of hydrogen-bond acceptors (Lipinski definition) is 4. The molecule has 0 saturated heterocycles. The first-order valence-corrected chi connectivity index (χ1v) is 9.38. The summed E-state index contributed by atoms with van der Waals surface area (Å²) < 4.78 is 21.5. The summed E-state index contributed by atoms with van der Waals surface area (Å²) in [6.07, 6.45) is 0. The molecule has 0 heterocycles. The fourth-order valence-electron chi connectivity index (χ4n) is 1.05. The van der Waals surface area contributed by atoms with E-state index >= 15 is 0 Å². The minimum atomic E-state index is -0.258. The van der Waals surface area contributed by atoms with Gasteiger partial charge in [0.05, 0.1) is 39.6 Å². The van der Waals surface area contributed by atoms with Crippen LogP contribution in [-0.2, 0) is 18.3 Å². The molecular weight excluding hydrogens is 240 g/mol. The third-order valence-electron chi connectivity index (χ3n) is 1.81. The second-order valence-corrected chi connectivity index (χ2v) is 7.08. The Bertz CT molecular complexity index is 113. The lowest BCUT2D eigenvalue weighted by Crippen LogP contribution is -2.13. The second kappa shape index (κ2) is 15.3. The van der Waals surface area contributed by atoms with E-state index in [4.69, 9.17) is 18.3 Å². The Kier molecular flexibility index (Phi) is 15.5. The quantitative estimate of drug-likeness (QED) is 0.350. The zero-order chi connectivity index (χ0) is 11.9. The molecule has 0 spiro atoms. The number of rotatable bonds is 13. The molecule has 0 aliphatic rings. The molecule has 6 heteroatoms. The molecule has 0 atom stereocenters. The maximum Gasteiger partial charge on any atom is 0.161 e. The van der Waals surface area contributed by atoms with Crippen LogP contribution in [-0.4, -0.2) is 59.2 Å². The Morgan fingerprint density at radius 2 is 1.00 bits per heavy atom. The molecule has 98 valence electrons. The topological polar surface area (TPSA) is 36.9 Å². The van der Waals surface area contributed by atoms with Gasteiger partial charge in [-0.25, -0.2) is 0 Å². The summed E-state index contributed by atoms with van der Waals surface area (Å²) in [5.74, 6) is 0. The SMILES string of the molecule is CC[SiH2]OCCOCCOCCO[SiH2]CC. The predicted octanol–water partition coefficient (Wildman–Crippen LogP) is 0.0968. The average molecular weight is 266 g/mol. The average Bonchev–Trinajstić information content (AvgIpc) is 2.31. The first kappa shape index (κ1) is 16.3. The summed E-state index contributed by atoms with van der Waals surface area (Å²) in [6, 6.07) is 2.40. The van der Waals surface area contributed by atoms with E-state index in [2.05, 4.69) is 13.8 Å². The van der Waals surface area contributed by atoms with E-state index in [1.807, 2.05) is 0 Å². The van der Waals surface area contributed by atoms with E-state index in [9.17, 15) is 0 Å². The molecule has 0 amide bonds. The van der Waals surface area contributed by atoms with Crippen LogP contribution in [0.2, 0.25) is 12.1 Å². The smallest absolute Gasteiger partial charge is 0.161 e. The molecule has 0 N–H and O–H groups in total. The fourth-order valence-corrected chi connectivity index (χ4v) is 2.27. The molecule has 0 unspecified atom stereocenters. The van der Waals surface area contributed by atoms with Crippen molar-refractivity contribution >= 4 is 19.5 Å². The maximum absolute atomic E-state index is 5.41. The lowest BCUT2D eigenvalue weighted by atomic mass is 10.7. The second-order valence-electron chi connectivity index (χ2n) is 3.45. The van der Waals surface area contributed by atoms with Crippen molar-refractivity contribution in [2.75, 3.05) is 39.6 Å². The third-order valence-corrected chi connectivity index (χ3v) is 3.78. The van der Waals surface area contributed by atoms with Gasteiger partial charge in [0.1, 0.15) is 0 Å². The summed E-state index contributed by atoms with van der Waals surface area (Å²) in [5.41, 5.74) is 0. The van der Waals surface area contributed by atoms with Gasteiger partial charge in [-0.05, 0) is 12.1 Å². The van der Waals surface area contributed by atoms with E-state index in [1.54, 1.807) is 0 Å². The van der Waals surface area contributed by atoms with E-state index in [-0.39, 0.29) is 19.5 Å². The van der Waals surface area contributed by atoms with Gasteiger partial charge in [0.15, 0.2) is 19.5 Å². The first-order valence-electron chi connectivity index (χ1n) is 6.22. The van der Waals surface area contributed by atoms with Crippen LogP contribution >= 0.6 is 0 Å². The molecule has 0 aromatic carbocycles. The first-order chi connectivity index (χ1) is 7.91. The lowest BCUT2D eigenvalue weighted by molar-refractivity contribution is 0.0279.